The van der Waals surface area contributed by atoms with Crippen molar-refractivity contribution in [3.05, 3.63) is 106 Å². The van der Waals surface area contributed by atoms with Gasteiger partial charge in [-0.25, -0.2) is 0 Å². The highest BCUT2D eigenvalue weighted by molar-refractivity contribution is 6.31. The Bertz CT molecular complexity index is 1490. The van der Waals surface area contributed by atoms with Gasteiger partial charge in [0.05, 0.1) is 11.6 Å². The van der Waals surface area contributed by atoms with Crippen LogP contribution >= 0.6 is 11.6 Å². The number of hydrogen-bond donors (Lipinski definition) is 1. The molecule has 0 spiro atoms. The lowest BCUT2D eigenvalue weighted by molar-refractivity contribution is -0.130. The van der Waals surface area contributed by atoms with Gasteiger partial charge in [-0.3, -0.25) is 14.6 Å². The van der Waals surface area contributed by atoms with Gasteiger partial charge in [0.1, 0.15) is 5.58 Å². The van der Waals surface area contributed by atoms with Gasteiger partial charge in [0.2, 0.25) is 5.78 Å². The molecule has 4 aromatic rings. The van der Waals surface area contributed by atoms with Crippen LogP contribution in [0.25, 0.3) is 11.0 Å². The molecule has 3 heterocycles. The van der Waals surface area contributed by atoms with Crippen molar-refractivity contribution < 1.29 is 19.1 Å². The van der Waals surface area contributed by atoms with Crippen molar-refractivity contribution in [2.45, 2.75) is 26.4 Å². The Kier molecular flexibility index (Phi) is 6.72. The van der Waals surface area contributed by atoms with E-state index in [-0.39, 0.29) is 17.9 Å². The minimum atomic E-state index is -0.796. The van der Waals surface area contributed by atoms with Crippen molar-refractivity contribution in [1.82, 2.24) is 9.88 Å². The summed E-state index contributed by atoms with van der Waals surface area (Å²) in [5.74, 6) is -1.71. The van der Waals surface area contributed by atoms with Gasteiger partial charge in [-0.2, -0.15) is 0 Å². The Hall–Kier alpha value is -4.10. The van der Waals surface area contributed by atoms with Gasteiger partial charge in [0.25, 0.3) is 5.91 Å². The van der Waals surface area contributed by atoms with Gasteiger partial charge >= 0.3 is 0 Å². The molecule has 1 N–H and O–H groups in total. The molecule has 0 saturated carbocycles. The van der Waals surface area contributed by atoms with E-state index in [0.717, 1.165) is 24.3 Å². The Labute approximate surface area is 219 Å². The van der Waals surface area contributed by atoms with Gasteiger partial charge in [0.15, 0.2) is 11.5 Å². The van der Waals surface area contributed by atoms with Crippen LogP contribution in [0.1, 0.15) is 41.6 Å². The van der Waals surface area contributed by atoms with Crippen molar-refractivity contribution in [3.63, 3.8) is 0 Å². The topological polar surface area (TPSA) is 86.9 Å². The van der Waals surface area contributed by atoms with E-state index in [1.54, 1.807) is 48.8 Å². The number of benzene rings is 2. The van der Waals surface area contributed by atoms with E-state index in [2.05, 4.69) is 23.7 Å². The van der Waals surface area contributed by atoms with Gasteiger partial charge in [-0.05, 0) is 73.5 Å². The number of ketones is 1. The SMILES string of the molecule is CCN(CC)c1ccc(C2C(C(=O)c3cc4cc(Cl)ccc4o3)=C(O)C(=O)N2Cc2ccncc2)cc1. The van der Waals surface area contributed by atoms with Crippen molar-refractivity contribution >= 4 is 39.9 Å². The Morgan fingerprint density at radius 2 is 1.76 bits per heavy atom. The number of nitrogens with zero attached hydrogens (tertiary/aromatic N) is 3. The average molecular weight is 516 g/mol. The predicted octanol–water partition coefficient (Wildman–Crippen LogP) is 6.11. The highest BCUT2D eigenvalue weighted by atomic mass is 35.5. The summed E-state index contributed by atoms with van der Waals surface area (Å²) in [7, 11) is 0. The van der Waals surface area contributed by atoms with Crippen molar-refractivity contribution in [2.75, 3.05) is 18.0 Å². The average Bonchev–Trinajstić information content (AvgIpc) is 3.44. The lowest BCUT2D eigenvalue weighted by Gasteiger charge is -2.28. The molecular weight excluding hydrogens is 490 g/mol. The molecule has 188 valence electrons. The highest BCUT2D eigenvalue weighted by Crippen LogP contribution is 2.41. The Morgan fingerprint density at radius 3 is 2.43 bits per heavy atom. The molecule has 1 aliphatic rings. The summed E-state index contributed by atoms with van der Waals surface area (Å²) in [5.41, 5.74) is 3.05. The molecule has 2 aromatic heterocycles. The smallest absolute Gasteiger partial charge is 0.290 e. The lowest BCUT2D eigenvalue weighted by atomic mass is 9.94. The number of carbonyl (C=O) groups excluding carboxylic acids is 2. The summed E-state index contributed by atoms with van der Waals surface area (Å²) >= 11 is 6.10. The summed E-state index contributed by atoms with van der Waals surface area (Å²) in [6.45, 7) is 6.07. The molecule has 8 heteroatoms. The van der Waals surface area contributed by atoms with Crippen LogP contribution < -0.4 is 4.90 Å². The number of rotatable bonds is 8. The maximum Gasteiger partial charge on any atom is 0.290 e. The largest absolute Gasteiger partial charge is 0.503 e. The van der Waals surface area contributed by atoms with E-state index in [4.69, 9.17) is 16.0 Å². The van der Waals surface area contributed by atoms with E-state index in [0.29, 0.717) is 21.6 Å². The van der Waals surface area contributed by atoms with E-state index >= 15 is 0 Å². The van der Waals surface area contributed by atoms with Crippen LogP contribution in [-0.2, 0) is 11.3 Å². The molecule has 1 atom stereocenters. The predicted molar refractivity (Wildman–Crippen MR) is 143 cm³/mol. The van der Waals surface area contributed by atoms with Crippen LogP contribution in [0.5, 0.6) is 0 Å². The zero-order valence-corrected chi connectivity index (χ0v) is 21.3. The highest BCUT2D eigenvalue weighted by Gasteiger charge is 2.44. The molecule has 1 unspecified atom stereocenters. The number of Topliss-reactive ketones (excluding diaryl/α,β-unsaturated/α-hetero) is 1. The van der Waals surface area contributed by atoms with Crippen LogP contribution in [0, 0.1) is 0 Å². The lowest BCUT2D eigenvalue weighted by Crippen LogP contribution is -2.30. The van der Waals surface area contributed by atoms with E-state index < -0.39 is 23.5 Å². The van der Waals surface area contributed by atoms with E-state index in [1.807, 2.05) is 24.3 Å². The molecule has 7 nitrogen and oxygen atoms in total. The monoisotopic (exact) mass is 515 g/mol. The molecule has 0 aliphatic carbocycles. The summed E-state index contributed by atoms with van der Waals surface area (Å²) in [6, 6.07) is 17.2. The maximum absolute atomic E-state index is 13.8. The van der Waals surface area contributed by atoms with Crippen LogP contribution in [0.3, 0.4) is 0 Å². The number of hydrogen-bond acceptors (Lipinski definition) is 6. The Balaban J connectivity index is 1.58. The molecule has 1 aliphatic heterocycles. The van der Waals surface area contributed by atoms with E-state index in [9.17, 15) is 14.7 Å². The van der Waals surface area contributed by atoms with Gasteiger partial charge in [0, 0.05) is 48.1 Å². The first-order valence-corrected chi connectivity index (χ1v) is 12.5. The minimum Gasteiger partial charge on any atom is -0.503 e. The van der Waals surface area contributed by atoms with Crippen LogP contribution in [-0.4, -0.2) is 39.8 Å². The third-order valence-corrected chi connectivity index (χ3v) is 6.93. The maximum atomic E-state index is 13.8. The van der Waals surface area contributed by atoms with Crippen molar-refractivity contribution in [3.8, 4) is 0 Å². The first kappa shape index (κ1) is 24.6. The third kappa shape index (κ3) is 4.58. The molecule has 0 bridgehead atoms. The summed E-state index contributed by atoms with van der Waals surface area (Å²) < 4.78 is 5.80. The molecule has 0 radical (unpaired) electrons. The number of anilines is 1. The number of fused-ring (bicyclic) bond motifs is 1. The first-order chi connectivity index (χ1) is 17.9. The van der Waals surface area contributed by atoms with Crippen LogP contribution in [0.2, 0.25) is 5.02 Å². The van der Waals surface area contributed by atoms with Crippen LogP contribution in [0.4, 0.5) is 5.69 Å². The number of halogens is 1. The molecule has 1 amide bonds. The molecule has 0 fully saturated rings. The first-order valence-electron chi connectivity index (χ1n) is 12.1. The molecule has 5 rings (SSSR count). The summed E-state index contributed by atoms with van der Waals surface area (Å²) in [5, 5.41) is 12.2. The van der Waals surface area contributed by atoms with Crippen molar-refractivity contribution in [2.24, 2.45) is 0 Å². The number of pyridine rings is 1. The second kappa shape index (κ2) is 10.1. The normalized spacial score (nSPS) is 15.6. The number of carbonyl (C=O) groups is 2. The summed E-state index contributed by atoms with van der Waals surface area (Å²) in [4.78, 5) is 34.8. The quantitative estimate of drug-likeness (QED) is 0.285. The molecule has 37 heavy (non-hydrogen) atoms. The summed E-state index contributed by atoms with van der Waals surface area (Å²) in [6.07, 6.45) is 3.28. The fourth-order valence-electron chi connectivity index (χ4n) is 4.80. The van der Waals surface area contributed by atoms with Crippen molar-refractivity contribution in [1.29, 1.82) is 0 Å². The van der Waals surface area contributed by atoms with Gasteiger partial charge < -0.3 is 19.3 Å². The zero-order chi connectivity index (χ0) is 26.1. The van der Waals surface area contributed by atoms with Crippen LogP contribution in [0.15, 0.2) is 88.8 Å². The number of amides is 1. The van der Waals surface area contributed by atoms with E-state index in [1.165, 1.54) is 4.90 Å². The number of aromatic nitrogens is 1. The number of aliphatic hydroxyl groups is 1. The van der Waals surface area contributed by atoms with Gasteiger partial charge in [-0.15, -0.1) is 0 Å². The molecular formula is C29H26ClN3O4. The fraction of sp³-hybridized carbons (Fsp3) is 0.207. The third-order valence-electron chi connectivity index (χ3n) is 6.69. The number of furan rings is 1. The standard InChI is InChI=1S/C29H26ClN3O4/c1-3-32(4-2)22-8-5-19(6-9-22)26-25(27(34)24-16-20-15-21(30)7-10-23(20)37-24)28(35)29(36)33(26)17-18-11-13-31-14-12-18/h5-16,26,35H,3-4,17H2,1-2H3. The minimum absolute atomic E-state index is 0.0141. The molecule has 0 saturated heterocycles. The Morgan fingerprint density at radius 1 is 1.05 bits per heavy atom. The second-order valence-corrected chi connectivity index (χ2v) is 9.28. The fourth-order valence-corrected chi connectivity index (χ4v) is 4.98. The zero-order valence-electron chi connectivity index (χ0n) is 20.5. The second-order valence-electron chi connectivity index (χ2n) is 8.84. The molecule has 2 aromatic carbocycles. The van der Waals surface area contributed by atoms with Gasteiger partial charge in [-0.1, -0.05) is 23.7 Å². The number of aliphatic hydroxyl groups excluding tert-OH is 1.